The second-order valence-electron chi connectivity index (χ2n) is 5.27. The molecule has 2 aromatic rings. The molecule has 1 aliphatic rings. The standard InChI is InChI=1S/C15H14F2N2O/c1-9(10-2-3-10)19-7-12(8-20)15(18-19)11-4-13(16)6-14(17)5-11/h4-10H,2-3H2,1H3. The molecule has 1 aromatic heterocycles. The predicted octanol–water partition coefficient (Wildman–Crippen LogP) is 3.61. The van der Waals surface area contributed by atoms with Crippen LogP contribution in [-0.2, 0) is 0 Å². The Morgan fingerprint density at radius 1 is 1.30 bits per heavy atom. The summed E-state index contributed by atoms with van der Waals surface area (Å²) in [7, 11) is 0. The van der Waals surface area contributed by atoms with Gasteiger partial charge in [-0.3, -0.25) is 9.48 Å². The minimum absolute atomic E-state index is 0.195. The highest BCUT2D eigenvalue weighted by Gasteiger charge is 2.30. The first-order chi connectivity index (χ1) is 9.58. The number of hydrogen-bond donors (Lipinski definition) is 0. The molecule has 1 unspecified atom stereocenters. The van der Waals surface area contributed by atoms with Crippen LogP contribution in [0.15, 0.2) is 24.4 Å². The Kier molecular flexibility index (Phi) is 3.12. The van der Waals surface area contributed by atoms with Crippen LogP contribution in [0.5, 0.6) is 0 Å². The van der Waals surface area contributed by atoms with E-state index in [2.05, 4.69) is 5.10 Å². The highest BCUT2D eigenvalue weighted by Crippen LogP contribution is 2.39. The van der Waals surface area contributed by atoms with Crippen molar-refractivity contribution >= 4 is 6.29 Å². The summed E-state index contributed by atoms with van der Waals surface area (Å²) in [5.74, 6) is -0.783. The van der Waals surface area contributed by atoms with Gasteiger partial charge in [-0.1, -0.05) is 0 Å². The lowest BCUT2D eigenvalue weighted by atomic mass is 10.1. The third kappa shape index (κ3) is 2.35. The lowest BCUT2D eigenvalue weighted by Gasteiger charge is -2.09. The van der Waals surface area contributed by atoms with E-state index in [-0.39, 0.29) is 11.6 Å². The molecule has 1 aromatic carbocycles. The fourth-order valence-electron chi connectivity index (χ4n) is 2.41. The molecule has 0 saturated heterocycles. The van der Waals surface area contributed by atoms with Crippen LogP contribution in [-0.4, -0.2) is 16.1 Å². The molecule has 1 fully saturated rings. The van der Waals surface area contributed by atoms with Crippen molar-refractivity contribution in [1.82, 2.24) is 9.78 Å². The fraction of sp³-hybridized carbons (Fsp3) is 0.333. The molecule has 5 heteroatoms. The number of rotatable bonds is 4. The first-order valence-electron chi connectivity index (χ1n) is 6.59. The molecule has 0 N–H and O–H groups in total. The molecule has 0 amide bonds. The Balaban J connectivity index is 2.05. The summed E-state index contributed by atoms with van der Waals surface area (Å²) in [6, 6.07) is 3.36. The zero-order valence-electron chi connectivity index (χ0n) is 11.0. The number of nitrogens with zero attached hydrogens (tertiary/aromatic N) is 2. The quantitative estimate of drug-likeness (QED) is 0.799. The Morgan fingerprint density at radius 2 is 1.95 bits per heavy atom. The van der Waals surface area contributed by atoms with Crippen LogP contribution >= 0.6 is 0 Å². The summed E-state index contributed by atoms with van der Waals surface area (Å²) in [4.78, 5) is 11.2. The molecule has 0 spiro atoms. The Labute approximate surface area is 115 Å². The largest absolute Gasteiger partial charge is 0.298 e. The number of hydrogen-bond acceptors (Lipinski definition) is 2. The molecule has 0 aliphatic heterocycles. The smallest absolute Gasteiger partial charge is 0.153 e. The topological polar surface area (TPSA) is 34.9 Å². The van der Waals surface area contributed by atoms with Crippen LogP contribution in [0.4, 0.5) is 8.78 Å². The lowest BCUT2D eigenvalue weighted by Crippen LogP contribution is -2.07. The highest BCUT2D eigenvalue weighted by atomic mass is 19.1. The van der Waals surface area contributed by atoms with Crippen molar-refractivity contribution in [3.63, 3.8) is 0 Å². The van der Waals surface area contributed by atoms with Crippen LogP contribution in [0, 0.1) is 17.6 Å². The second-order valence-corrected chi connectivity index (χ2v) is 5.27. The molecule has 3 nitrogen and oxygen atoms in total. The van der Waals surface area contributed by atoms with Crippen LogP contribution in [0.1, 0.15) is 36.2 Å². The Bertz CT molecular complexity index is 642. The van der Waals surface area contributed by atoms with E-state index in [1.54, 1.807) is 10.9 Å². The summed E-state index contributed by atoms with van der Waals surface area (Å²) >= 11 is 0. The second kappa shape index (κ2) is 4.81. The number of carbonyl (C=O) groups is 1. The molecule has 1 heterocycles. The number of halogens is 2. The van der Waals surface area contributed by atoms with Gasteiger partial charge >= 0.3 is 0 Å². The van der Waals surface area contributed by atoms with Gasteiger partial charge in [-0.15, -0.1) is 0 Å². The molecule has 1 atom stereocenters. The lowest BCUT2D eigenvalue weighted by molar-refractivity contribution is 0.112. The van der Waals surface area contributed by atoms with E-state index in [0.717, 1.165) is 18.9 Å². The number of aldehydes is 1. The van der Waals surface area contributed by atoms with Gasteiger partial charge in [0.15, 0.2) is 6.29 Å². The van der Waals surface area contributed by atoms with Crippen molar-refractivity contribution in [3.8, 4) is 11.3 Å². The van der Waals surface area contributed by atoms with E-state index in [0.29, 0.717) is 23.5 Å². The van der Waals surface area contributed by atoms with Crippen LogP contribution in [0.25, 0.3) is 11.3 Å². The van der Waals surface area contributed by atoms with Crippen molar-refractivity contribution in [3.05, 3.63) is 41.6 Å². The van der Waals surface area contributed by atoms with E-state index < -0.39 is 11.6 Å². The van der Waals surface area contributed by atoms with Crippen LogP contribution < -0.4 is 0 Å². The average molecular weight is 276 g/mol. The van der Waals surface area contributed by atoms with Gasteiger partial charge in [0.2, 0.25) is 0 Å². The van der Waals surface area contributed by atoms with Crippen molar-refractivity contribution in [2.75, 3.05) is 0 Å². The summed E-state index contributed by atoms with van der Waals surface area (Å²) in [6.07, 6.45) is 4.62. The van der Waals surface area contributed by atoms with Gasteiger partial charge in [0.1, 0.15) is 17.3 Å². The van der Waals surface area contributed by atoms with Gasteiger partial charge in [0, 0.05) is 17.8 Å². The molecule has 1 saturated carbocycles. The first kappa shape index (κ1) is 13.0. The zero-order valence-corrected chi connectivity index (χ0v) is 11.0. The normalized spacial score (nSPS) is 16.1. The van der Waals surface area contributed by atoms with Crippen molar-refractivity contribution in [2.24, 2.45) is 5.92 Å². The van der Waals surface area contributed by atoms with Crippen molar-refractivity contribution in [1.29, 1.82) is 0 Å². The maximum absolute atomic E-state index is 13.3. The predicted molar refractivity (Wildman–Crippen MR) is 70.4 cm³/mol. The van der Waals surface area contributed by atoms with Crippen LogP contribution in [0.2, 0.25) is 0 Å². The van der Waals surface area contributed by atoms with E-state index in [4.69, 9.17) is 0 Å². The van der Waals surface area contributed by atoms with Crippen molar-refractivity contribution < 1.29 is 13.6 Å². The first-order valence-corrected chi connectivity index (χ1v) is 6.59. The van der Waals surface area contributed by atoms with E-state index in [1.807, 2.05) is 6.92 Å². The number of aromatic nitrogens is 2. The average Bonchev–Trinajstić information content (AvgIpc) is 3.15. The number of benzene rings is 1. The minimum Gasteiger partial charge on any atom is -0.298 e. The molecular formula is C15H14F2N2O. The molecule has 104 valence electrons. The molecule has 3 rings (SSSR count). The minimum atomic E-state index is -0.679. The molecule has 0 radical (unpaired) electrons. The maximum atomic E-state index is 13.3. The Hall–Kier alpha value is -2.04. The third-order valence-electron chi connectivity index (χ3n) is 3.74. The summed E-state index contributed by atoms with van der Waals surface area (Å²) in [6.45, 7) is 2.04. The highest BCUT2D eigenvalue weighted by molar-refractivity contribution is 5.85. The molecule has 0 bridgehead atoms. The molecular weight excluding hydrogens is 262 g/mol. The van der Waals surface area contributed by atoms with Crippen LogP contribution in [0.3, 0.4) is 0 Å². The van der Waals surface area contributed by atoms with E-state index >= 15 is 0 Å². The van der Waals surface area contributed by atoms with E-state index in [1.165, 1.54) is 12.1 Å². The third-order valence-corrected chi connectivity index (χ3v) is 3.74. The summed E-state index contributed by atoms with van der Waals surface area (Å²) < 4.78 is 28.3. The van der Waals surface area contributed by atoms with Gasteiger partial charge in [-0.05, 0) is 37.8 Å². The van der Waals surface area contributed by atoms with E-state index in [9.17, 15) is 13.6 Å². The monoisotopic (exact) mass is 276 g/mol. The Morgan fingerprint density at radius 3 is 2.50 bits per heavy atom. The van der Waals surface area contributed by atoms with Gasteiger partial charge in [0.05, 0.1) is 11.6 Å². The molecule has 1 aliphatic carbocycles. The zero-order chi connectivity index (χ0) is 14.3. The van der Waals surface area contributed by atoms with Gasteiger partial charge in [-0.2, -0.15) is 5.10 Å². The SMILES string of the molecule is CC(C1CC1)n1cc(C=O)c(-c2cc(F)cc(F)c2)n1. The molecule has 20 heavy (non-hydrogen) atoms. The number of carbonyl (C=O) groups excluding carboxylic acids is 1. The maximum Gasteiger partial charge on any atom is 0.153 e. The van der Waals surface area contributed by atoms with Gasteiger partial charge in [0.25, 0.3) is 0 Å². The van der Waals surface area contributed by atoms with Gasteiger partial charge in [-0.25, -0.2) is 8.78 Å². The van der Waals surface area contributed by atoms with Crippen molar-refractivity contribution in [2.45, 2.75) is 25.8 Å². The summed E-state index contributed by atoms with van der Waals surface area (Å²) in [5.41, 5.74) is 0.958. The summed E-state index contributed by atoms with van der Waals surface area (Å²) in [5, 5.41) is 4.35. The van der Waals surface area contributed by atoms with Gasteiger partial charge < -0.3 is 0 Å². The fourth-order valence-corrected chi connectivity index (χ4v) is 2.41.